The van der Waals surface area contributed by atoms with E-state index in [0.29, 0.717) is 0 Å². The molecule has 0 radical (unpaired) electrons. The third-order valence-corrected chi connectivity index (χ3v) is 16.2. The monoisotopic (exact) mass is 907 g/mol. The van der Waals surface area contributed by atoms with Crippen LogP contribution in [-0.4, -0.2) is 0 Å². The second-order valence-corrected chi connectivity index (χ2v) is 19.8. The Morgan fingerprint density at radius 3 is 1.53 bits per heavy atom. The quantitative estimate of drug-likeness (QED) is 0.174. The molecule has 15 rings (SSSR count). The van der Waals surface area contributed by atoms with E-state index in [4.69, 9.17) is 4.74 Å². The summed E-state index contributed by atoms with van der Waals surface area (Å²) in [4.78, 5) is 2.45. The maximum atomic E-state index is 6.81. The Hall–Kier alpha value is -8.76. The molecule has 1 aromatic heterocycles. The molecule has 1 atom stereocenters. The molecule has 1 unspecified atom stereocenters. The Kier molecular flexibility index (Phi) is 8.48. The van der Waals surface area contributed by atoms with Crippen molar-refractivity contribution >= 4 is 48.6 Å². The first kappa shape index (κ1) is 39.3. The predicted molar refractivity (Wildman–Crippen MR) is 292 cm³/mol. The zero-order valence-corrected chi connectivity index (χ0v) is 38.8. The molecule has 3 aliphatic rings. The molecule has 2 aliphatic carbocycles. The van der Waals surface area contributed by atoms with E-state index in [1.54, 1.807) is 0 Å². The SMILES string of the molecule is c1ccc(-c2ccc(N(c3ccc4c(c3)-c3ccccc3-c3ccccc3O4)c3ccc4c(c3)C3(c5ccccc5-c5ccccc5-4)c4ccccc4-c4cc5sc6ccccc6c5cc43)cc2)cc1. The van der Waals surface area contributed by atoms with Crippen molar-refractivity contribution in [2.45, 2.75) is 5.41 Å². The second-order valence-electron chi connectivity index (χ2n) is 18.7. The molecule has 12 aromatic rings. The van der Waals surface area contributed by atoms with Gasteiger partial charge in [-0.2, -0.15) is 0 Å². The molecule has 0 amide bonds. The molecule has 2 heterocycles. The van der Waals surface area contributed by atoms with E-state index in [-0.39, 0.29) is 0 Å². The minimum atomic E-state index is -0.667. The summed E-state index contributed by atoms with van der Waals surface area (Å²) in [5.74, 6) is 1.69. The van der Waals surface area contributed by atoms with Gasteiger partial charge in [0.05, 0.1) is 5.41 Å². The van der Waals surface area contributed by atoms with Crippen molar-refractivity contribution in [1.82, 2.24) is 0 Å². The molecule has 1 aliphatic heterocycles. The standard InChI is InChI=1S/C67H41NOS/c1-2-16-42(17-3-1)43-30-32-44(33-31-43)68(45-35-37-64-57(38-45)50-21-7-6-20-49(50)54-24-10-14-28-63(54)69-64)46-34-36-53-48-19-5-4-18-47(48)51-22-8-12-26-59(51)67(61(53)39-46)60-27-13-9-23-52(60)56-41-66-58(40-62(56)67)55-25-11-15-29-65(55)70-66/h1-41H. The van der Waals surface area contributed by atoms with E-state index < -0.39 is 5.41 Å². The van der Waals surface area contributed by atoms with Crippen molar-refractivity contribution in [2.24, 2.45) is 0 Å². The summed E-state index contributed by atoms with van der Waals surface area (Å²) in [5.41, 5.74) is 22.0. The zero-order valence-electron chi connectivity index (χ0n) is 37.9. The summed E-state index contributed by atoms with van der Waals surface area (Å²) >= 11 is 1.89. The zero-order chi connectivity index (χ0) is 45.9. The van der Waals surface area contributed by atoms with Gasteiger partial charge in [-0.25, -0.2) is 0 Å². The largest absolute Gasteiger partial charge is 0.456 e. The lowest BCUT2D eigenvalue weighted by Gasteiger charge is -2.36. The molecule has 0 saturated carbocycles. The van der Waals surface area contributed by atoms with Crippen LogP contribution in [0.5, 0.6) is 11.5 Å². The topological polar surface area (TPSA) is 12.5 Å². The first-order valence-corrected chi connectivity index (χ1v) is 24.9. The molecule has 0 N–H and O–H groups in total. The minimum Gasteiger partial charge on any atom is -0.456 e. The van der Waals surface area contributed by atoms with Gasteiger partial charge in [-0.3, -0.25) is 0 Å². The normalized spacial score (nSPS) is 14.5. The van der Waals surface area contributed by atoms with Gasteiger partial charge in [0, 0.05) is 48.4 Å². The molecular weight excluding hydrogens is 867 g/mol. The van der Waals surface area contributed by atoms with Gasteiger partial charge in [0.25, 0.3) is 0 Å². The number of hydrogen-bond acceptors (Lipinski definition) is 3. The molecule has 0 saturated heterocycles. The smallest absolute Gasteiger partial charge is 0.135 e. The highest BCUT2D eigenvalue weighted by Gasteiger charge is 2.50. The van der Waals surface area contributed by atoms with E-state index in [1.165, 1.54) is 86.9 Å². The number of thiophene rings is 1. The molecule has 2 nitrogen and oxygen atoms in total. The lowest BCUT2D eigenvalue weighted by atomic mass is 9.65. The Bertz CT molecular complexity index is 4110. The highest BCUT2D eigenvalue weighted by Crippen LogP contribution is 2.63. The van der Waals surface area contributed by atoms with E-state index in [0.717, 1.165) is 50.8 Å². The lowest BCUT2D eigenvalue weighted by molar-refractivity contribution is 0.488. The first-order chi connectivity index (χ1) is 34.7. The average Bonchev–Trinajstić information content (AvgIpc) is 3.85. The Morgan fingerprint density at radius 1 is 0.286 bits per heavy atom. The van der Waals surface area contributed by atoms with Crippen LogP contribution in [0.1, 0.15) is 22.3 Å². The highest BCUT2D eigenvalue weighted by molar-refractivity contribution is 7.25. The fourth-order valence-corrected chi connectivity index (χ4v) is 13.2. The van der Waals surface area contributed by atoms with Crippen LogP contribution in [0.2, 0.25) is 0 Å². The van der Waals surface area contributed by atoms with E-state index in [1.807, 2.05) is 11.3 Å². The van der Waals surface area contributed by atoms with E-state index in [2.05, 4.69) is 254 Å². The van der Waals surface area contributed by atoms with Gasteiger partial charge in [0.15, 0.2) is 0 Å². The molecule has 0 bridgehead atoms. The third kappa shape index (κ3) is 5.61. The van der Waals surface area contributed by atoms with Gasteiger partial charge >= 0.3 is 0 Å². The van der Waals surface area contributed by atoms with Gasteiger partial charge in [-0.05, 0) is 145 Å². The van der Waals surface area contributed by atoms with Crippen LogP contribution in [0.25, 0.3) is 86.9 Å². The number of ether oxygens (including phenoxy) is 1. The van der Waals surface area contributed by atoms with Crippen LogP contribution >= 0.6 is 11.3 Å². The molecule has 0 fully saturated rings. The van der Waals surface area contributed by atoms with Crippen molar-refractivity contribution in [1.29, 1.82) is 0 Å². The van der Waals surface area contributed by atoms with E-state index in [9.17, 15) is 0 Å². The van der Waals surface area contributed by atoms with Crippen LogP contribution in [0.4, 0.5) is 17.1 Å². The van der Waals surface area contributed by atoms with Gasteiger partial charge in [0.1, 0.15) is 11.5 Å². The maximum absolute atomic E-state index is 6.81. The Balaban J connectivity index is 1.03. The summed E-state index contributed by atoms with van der Waals surface area (Å²) in [6.07, 6.45) is 0. The second kappa shape index (κ2) is 15.1. The van der Waals surface area contributed by atoms with Crippen LogP contribution < -0.4 is 9.64 Å². The lowest BCUT2D eigenvalue weighted by Crippen LogP contribution is -2.29. The van der Waals surface area contributed by atoms with Gasteiger partial charge in [-0.1, -0.05) is 182 Å². The predicted octanol–water partition coefficient (Wildman–Crippen LogP) is 18.6. The van der Waals surface area contributed by atoms with Gasteiger partial charge in [-0.15, -0.1) is 11.3 Å². The molecular formula is C67H41NOS. The minimum absolute atomic E-state index is 0.667. The summed E-state index contributed by atoms with van der Waals surface area (Å²) in [7, 11) is 0. The average molecular weight is 908 g/mol. The van der Waals surface area contributed by atoms with Crippen LogP contribution in [0.3, 0.4) is 0 Å². The summed E-state index contributed by atoms with van der Waals surface area (Å²) in [5, 5.41) is 2.61. The van der Waals surface area contributed by atoms with Crippen molar-refractivity contribution in [3.8, 4) is 78.3 Å². The fourth-order valence-electron chi connectivity index (χ4n) is 12.1. The van der Waals surface area contributed by atoms with E-state index >= 15 is 0 Å². The van der Waals surface area contributed by atoms with Crippen LogP contribution in [0.15, 0.2) is 249 Å². The van der Waals surface area contributed by atoms with Crippen molar-refractivity contribution in [3.63, 3.8) is 0 Å². The van der Waals surface area contributed by atoms with Crippen molar-refractivity contribution < 1.29 is 4.74 Å². The number of para-hydroxylation sites is 1. The summed E-state index contributed by atoms with van der Waals surface area (Å²) in [6.45, 7) is 0. The fraction of sp³-hybridized carbons (Fsp3) is 0.0149. The number of benzene rings is 11. The van der Waals surface area contributed by atoms with Crippen molar-refractivity contribution in [3.05, 3.63) is 271 Å². The Morgan fingerprint density at radius 2 is 0.786 bits per heavy atom. The maximum Gasteiger partial charge on any atom is 0.135 e. The number of fused-ring (bicyclic) bond motifs is 20. The van der Waals surface area contributed by atoms with Gasteiger partial charge < -0.3 is 9.64 Å². The molecule has 326 valence electrons. The number of rotatable bonds is 4. The highest BCUT2D eigenvalue weighted by atomic mass is 32.1. The summed E-state index contributed by atoms with van der Waals surface area (Å²) in [6, 6.07) is 92.1. The molecule has 3 heteroatoms. The number of hydrogen-bond donors (Lipinski definition) is 0. The Labute approximate surface area is 410 Å². The molecule has 1 spiro atoms. The van der Waals surface area contributed by atoms with Crippen LogP contribution in [0, 0.1) is 0 Å². The summed E-state index contributed by atoms with van der Waals surface area (Å²) < 4.78 is 9.44. The van der Waals surface area contributed by atoms with Crippen molar-refractivity contribution in [2.75, 3.05) is 4.90 Å². The van der Waals surface area contributed by atoms with Gasteiger partial charge in [0.2, 0.25) is 0 Å². The molecule has 11 aromatic carbocycles. The third-order valence-electron chi connectivity index (χ3n) is 15.1. The number of nitrogens with zero attached hydrogens (tertiary/aromatic N) is 1. The first-order valence-electron chi connectivity index (χ1n) is 24.1. The van der Waals surface area contributed by atoms with Crippen LogP contribution in [-0.2, 0) is 5.41 Å². The number of anilines is 3. The molecule has 70 heavy (non-hydrogen) atoms.